The number of amides is 1. The number of hydrogen-bond donors (Lipinski definition) is 1. The normalized spacial score (nSPS) is 12.4. The maximum absolute atomic E-state index is 13.1. The van der Waals surface area contributed by atoms with Crippen LogP contribution in [0.1, 0.15) is 5.56 Å². The number of benzene rings is 2. The van der Waals surface area contributed by atoms with Crippen LogP contribution >= 0.6 is 0 Å². The van der Waals surface area contributed by atoms with Crippen molar-refractivity contribution in [1.29, 1.82) is 0 Å². The Kier molecular flexibility index (Phi) is 7.39. The largest absolute Gasteiger partial charge is 0.471 e. The SMILES string of the molecule is CN(C)CCN(Cc1ccccc1)S(=O)(=O)c1ccc(NC(=O)C(F)(F)F)cc1. The van der Waals surface area contributed by atoms with Gasteiger partial charge in [-0.25, -0.2) is 8.42 Å². The van der Waals surface area contributed by atoms with Crippen molar-refractivity contribution in [2.45, 2.75) is 17.6 Å². The van der Waals surface area contributed by atoms with Gasteiger partial charge in [-0.1, -0.05) is 30.3 Å². The van der Waals surface area contributed by atoms with Crippen LogP contribution in [0.3, 0.4) is 0 Å². The van der Waals surface area contributed by atoms with E-state index >= 15 is 0 Å². The summed E-state index contributed by atoms with van der Waals surface area (Å²) in [5, 5.41) is 1.69. The Morgan fingerprint density at radius 3 is 2.07 bits per heavy atom. The predicted molar refractivity (Wildman–Crippen MR) is 104 cm³/mol. The van der Waals surface area contributed by atoms with Crippen LogP contribution in [0.15, 0.2) is 59.5 Å². The van der Waals surface area contributed by atoms with Gasteiger partial charge in [-0.3, -0.25) is 4.79 Å². The molecule has 0 bridgehead atoms. The minimum absolute atomic E-state index is 0.0720. The van der Waals surface area contributed by atoms with Crippen LogP contribution in [0.4, 0.5) is 18.9 Å². The van der Waals surface area contributed by atoms with Crippen LogP contribution in [0.25, 0.3) is 0 Å². The summed E-state index contributed by atoms with van der Waals surface area (Å²) in [6.07, 6.45) is -5.02. The summed E-state index contributed by atoms with van der Waals surface area (Å²) in [5.74, 6) is -2.12. The lowest BCUT2D eigenvalue weighted by Crippen LogP contribution is -2.36. The second-order valence-electron chi connectivity index (χ2n) is 6.60. The monoisotopic (exact) mass is 429 g/mol. The maximum atomic E-state index is 13.1. The molecular formula is C19H22F3N3O3S. The number of anilines is 1. The van der Waals surface area contributed by atoms with Gasteiger partial charge >= 0.3 is 12.1 Å². The Morgan fingerprint density at radius 1 is 0.966 bits per heavy atom. The second kappa shape index (κ2) is 9.38. The number of rotatable bonds is 8. The van der Waals surface area contributed by atoms with Crippen LogP contribution in [-0.4, -0.2) is 56.9 Å². The number of likely N-dealkylation sites (N-methyl/N-ethyl adjacent to an activating group) is 1. The summed E-state index contributed by atoms with van der Waals surface area (Å²) in [5.41, 5.74) is 0.665. The molecule has 158 valence electrons. The fourth-order valence-corrected chi connectivity index (χ4v) is 3.86. The third-order valence-electron chi connectivity index (χ3n) is 4.01. The average Bonchev–Trinajstić information content (AvgIpc) is 2.65. The van der Waals surface area contributed by atoms with Crippen LogP contribution in [0.5, 0.6) is 0 Å². The van der Waals surface area contributed by atoms with Gasteiger partial charge in [-0.2, -0.15) is 17.5 Å². The van der Waals surface area contributed by atoms with Gasteiger partial charge in [-0.05, 0) is 43.9 Å². The molecule has 6 nitrogen and oxygen atoms in total. The van der Waals surface area contributed by atoms with E-state index in [2.05, 4.69) is 0 Å². The van der Waals surface area contributed by atoms with E-state index < -0.39 is 22.1 Å². The first-order valence-corrected chi connectivity index (χ1v) is 10.1. The summed E-state index contributed by atoms with van der Waals surface area (Å²) < 4.78 is 64.5. The van der Waals surface area contributed by atoms with Gasteiger partial charge in [0.15, 0.2) is 0 Å². The molecule has 2 aromatic carbocycles. The molecule has 0 saturated carbocycles. The van der Waals surface area contributed by atoms with E-state index in [9.17, 15) is 26.4 Å². The van der Waals surface area contributed by atoms with E-state index in [1.807, 2.05) is 49.3 Å². The van der Waals surface area contributed by atoms with Gasteiger partial charge in [0.05, 0.1) is 4.90 Å². The number of carbonyl (C=O) groups is 1. The lowest BCUT2D eigenvalue weighted by molar-refractivity contribution is -0.167. The Bertz CT molecular complexity index is 915. The van der Waals surface area contributed by atoms with Crippen LogP contribution < -0.4 is 5.32 Å². The molecular weight excluding hydrogens is 407 g/mol. The lowest BCUT2D eigenvalue weighted by Gasteiger charge is -2.24. The molecule has 0 aliphatic heterocycles. The smallest absolute Gasteiger partial charge is 0.318 e. The molecule has 0 aliphatic carbocycles. The molecule has 1 amide bonds. The molecule has 0 heterocycles. The van der Waals surface area contributed by atoms with Gasteiger partial charge in [0, 0.05) is 25.3 Å². The number of hydrogen-bond acceptors (Lipinski definition) is 4. The summed E-state index contributed by atoms with van der Waals surface area (Å²) in [4.78, 5) is 12.8. The average molecular weight is 429 g/mol. The first kappa shape index (κ1) is 22.9. The lowest BCUT2D eigenvalue weighted by atomic mass is 10.2. The van der Waals surface area contributed by atoms with E-state index in [4.69, 9.17) is 0 Å². The molecule has 2 rings (SSSR count). The van der Waals surface area contributed by atoms with Crippen LogP contribution in [-0.2, 0) is 21.4 Å². The molecule has 0 unspecified atom stereocenters. The highest BCUT2D eigenvalue weighted by molar-refractivity contribution is 7.89. The van der Waals surface area contributed by atoms with Gasteiger partial charge in [0.2, 0.25) is 10.0 Å². The predicted octanol–water partition coefficient (Wildman–Crippen LogP) is 2.94. The molecule has 2 aromatic rings. The number of sulfonamides is 1. The summed E-state index contributed by atoms with van der Waals surface area (Å²) in [6, 6.07) is 13.7. The van der Waals surface area contributed by atoms with Gasteiger partial charge < -0.3 is 10.2 Å². The zero-order chi connectivity index (χ0) is 21.7. The van der Waals surface area contributed by atoms with E-state index in [-0.39, 0.29) is 23.7 Å². The minimum Gasteiger partial charge on any atom is -0.318 e. The highest BCUT2D eigenvalue weighted by Crippen LogP contribution is 2.22. The quantitative estimate of drug-likeness (QED) is 0.701. The number of nitrogens with zero attached hydrogens (tertiary/aromatic N) is 2. The number of halogens is 3. The van der Waals surface area contributed by atoms with Crippen molar-refractivity contribution >= 4 is 21.6 Å². The molecule has 1 N–H and O–H groups in total. The standard InChI is InChI=1S/C19H22F3N3O3S/c1-24(2)12-13-25(14-15-6-4-3-5-7-15)29(27,28)17-10-8-16(9-11-17)23-18(26)19(20,21)22/h3-11H,12-14H2,1-2H3,(H,23,26). The molecule has 0 spiro atoms. The summed E-state index contributed by atoms with van der Waals surface area (Å²) >= 11 is 0. The topological polar surface area (TPSA) is 69.7 Å². The van der Waals surface area contributed by atoms with Crippen molar-refractivity contribution < 1.29 is 26.4 Å². The molecule has 29 heavy (non-hydrogen) atoms. The molecule has 0 aliphatic rings. The van der Waals surface area contributed by atoms with Gasteiger partial charge in [0.25, 0.3) is 0 Å². The Hall–Kier alpha value is -2.43. The van der Waals surface area contributed by atoms with Gasteiger partial charge in [-0.15, -0.1) is 0 Å². The zero-order valence-electron chi connectivity index (χ0n) is 16.0. The van der Waals surface area contributed by atoms with E-state index in [1.165, 1.54) is 16.4 Å². The van der Waals surface area contributed by atoms with Crippen molar-refractivity contribution in [3.8, 4) is 0 Å². The van der Waals surface area contributed by atoms with Crippen LogP contribution in [0, 0.1) is 0 Å². The first-order valence-electron chi connectivity index (χ1n) is 8.67. The molecule has 0 atom stereocenters. The third kappa shape index (κ3) is 6.55. The summed E-state index contributed by atoms with van der Waals surface area (Å²) in [7, 11) is -0.247. The second-order valence-corrected chi connectivity index (χ2v) is 8.54. The molecule has 0 aromatic heterocycles. The van der Waals surface area contributed by atoms with E-state index in [0.29, 0.717) is 6.54 Å². The Balaban J connectivity index is 2.24. The fourth-order valence-electron chi connectivity index (χ4n) is 2.44. The van der Waals surface area contributed by atoms with Gasteiger partial charge in [0.1, 0.15) is 0 Å². The zero-order valence-corrected chi connectivity index (χ0v) is 16.8. The van der Waals surface area contributed by atoms with E-state index in [1.54, 1.807) is 5.32 Å². The van der Waals surface area contributed by atoms with Crippen molar-refractivity contribution in [3.05, 3.63) is 60.2 Å². The Morgan fingerprint density at radius 2 is 1.55 bits per heavy atom. The molecule has 0 fully saturated rings. The minimum atomic E-state index is -5.02. The molecule has 10 heteroatoms. The molecule has 0 radical (unpaired) electrons. The molecule has 0 saturated heterocycles. The van der Waals surface area contributed by atoms with Crippen molar-refractivity contribution in [2.75, 3.05) is 32.5 Å². The first-order chi connectivity index (χ1) is 13.5. The highest BCUT2D eigenvalue weighted by Gasteiger charge is 2.38. The highest BCUT2D eigenvalue weighted by atomic mass is 32.2. The van der Waals surface area contributed by atoms with E-state index in [0.717, 1.165) is 17.7 Å². The maximum Gasteiger partial charge on any atom is 0.471 e. The number of nitrogens with one attached hydrogen (secondary N) is 1. The number of carbonyl (C=O) groups excluding carboxylic acids is 1. The van der Waals surface area contributed by atoms with Crippen LogP contribution in [0.2, 0.25) is 0 Å². The third-order valence-corrected chi connectivity index (χ3v) is 5.87. The van der Waals surface area contributed by atoms with Crippen molar-refractivity contribution in [3.63, 3.8) is 0 Å². The Labute approximate surface area is 168 Å². The van der Waals surface area contributed by atoms with Crippen molar-refractivity contribution in [2.24, 2.45) is 0 Å². The number of alkyl halides is 3. The fraction of sp³-hybridized carbons (Fsp3) is 0.316. The van der Waals surface area contributed by atoms with Crippen molar-refractivity contribution in [1.82, 2.24) is 9.21 Å². The summed E-state index contributed by atoms with van der Waals surface area (Å²) in [6.45, 7) is 0.881.